The third-order valence-corrected chi connectivity index (χ3v) is 2.36. The van der Waals surface area contributed by atoms with Crippen LogP contribution in [0.3, 0.4) is 0 Å². The number of carbonyl (C=O) groups excluding carboxylic acids is 1. The van der Waals surface area contributed by atoms with Crippen molar-refractivity contribution >= 4 is 11.9 Å². The molecule has 94 valence electrons. The smallest absolute Gasteiger partial charge is 0.248 e. The molecule has 6 heteroatoms. The third kappa shape index (κ3) is 3.13. The number of hydrogen-bond acceptors (Lipinski definition) is 4. The van der Waals surface area contributed by atoms with Crippen LogP contribution in [0.4, 0.5) is 5.95 Å². The van der Waals surface area contributed by atoms with E-state index in [0.717, 1.165) is 5.56 Å². The van der Waals surface area contributed by atoms with Gasteiger partial charge in [-0.1, -0.05) is 19.9 Å². The Labute approximate surface area is 105 Å². The van der Waals surface area contributed by atoms with Gasteiger partial charge in [-0.3, -0.25) is 15.1 Å². The minimum Gasteiger partial charge on any atom is -0.293 e. The van der Waals surface area contributed by atoms with Crippen LogP contribution in [-0.4, -0.2) is 25.7 Å². The Balaban J connectivity index is 2.00. The Morgan fingerprint density at radius 1 is 1.50 bits per heavy atom. The fourth-order valence-electron chi connectivity index (χ4n) is 1.36. The summed E-state index contributed by atoms with van der Waals surface area (Å²) >= 11 is 0. The molecule has 2 aromatic heterocycles. The average Bonchev–Trinajstić information content (AvgIpc) is 2.77. The summed E-state index contributed by atoms with van der Waals surface area (Å²) in [7, 11) is 0. The van der Waals surface area contributed by atoms with Crippen molar-refractivity contribution in [3.05, 3.63) is 36.4 Å². The van der Waals surface area contributed by atoms with E-state index >= 15 is 0 Å². The monoisotopic (exact) mass is 245 g/mol. The number of pyridine rings is 1. The Hall–Kier alpha value is -2.24. The standard InChI is InChI=1S/C12H15N5O/c1-9(2)11(18)15-12-14-8-17(16-12)7-10-4-3-5-13-6-10/h3-6,8-9H,7H2,1-2H3,(H,15,16,18). The first-order valence-electron chi connectivity index (χ1n) is 5.74. The summed E-state index contributed by atoms with van der Waals surface area (Å²) in [5.41, 5.74) is 1.03. The second kappa shape index (κ2) is 5.39. The molecule has 0 saturated carbocycles. The van der Waals surface area contributed by atoms with E-state index < -0.39 is 0 Å². The van der Waals surface area contributed by atoms with Crippen LogP contribution in [0.1, 0.15) is 19.4 Å². The number of amides is 1. The summed E-state index contributed by atoms with van der Waals surface area (Å²) < 4.78 is 1.66. The Kier molecular flexibility index (Phi) is 3.66. The molecule has 0 aromatic carbocycles. The van der Waals surface area contributed by atoms with Crippen molar-refractivity contribution in [1.29, 1.82) is 0 Å². The molecule has 0 saturated heterocycles. The van der Waals surface area contributed by atoms with Gasteiger partial charge in [0.1, 0.15) is 6.33 Å². The molecule has 6 nitrogen and oxygen atoms in total. The molecule has 2 heterocycles. The van der Waals surface area contributed by atoms with Crippen molar-refractivity contribution in [2.45, 2.75) is 20.4 Å². The van der Waals surface area contributed by atoms with Gasteiger partial charge in [-0.05, 0) is 11.6 Å². The van der Waals surface area contributed by atoms with Gasteiger partial charge in [0, 0.05) is 18.3 Å². The average molecular weight is 245 g/mol. The first-order valence-corrected chi connectivity index (χ1v) is 5.74. The van der Waals surface area contributed by atoms with Crippen molar-refractivity contribution in [3.63, 3.8) is 0 Å². The molecule has 0 bridgehead atoms. The van der Waals surface area contributed by atoms with Crippen LogP contribution < -0.4 is 5.32 Å². The lowest BCUT2D eigenvalue weighted by atomic mass is 10.2. The third-order valence-electron chi connectivity index (χ3n) is 2.36. The number of rotatable bonds is 4. The van der Waals surface area contributed by atoms with Gasteiger partial charge in [0.25, 0.3) is 0 Å². The molecule has 1 N–H and O–H groups in total. The zero-order valence-electron chi connectivity index (χ0n) is 10.4. The highest BCUT2D eigenvalue weighted by Gasteiger charge is 2.09. The highest BCUT2D eigenvalue weighted by molar-refractivity contribution is 5.90. The molecule has 0 atom stereocenters. The lowest BCUT2D eigenvalue weighted by molar-refractivity contribution is -0.118. The molecule has 18 heavy (non-hydrogen) atoms. The molecule has 0 aliphatic carbocycles. The molecular weight excluding hydrogens is 230 g/mol. The zero-order chi connectivity index (χ0) is 13.0. The minimum absolute atomic E-state index is 0.0877. The summed E-state index contributed by atoms with van der Waals surface area (Å²) in [6.45, 7) is 4.22. The van der Waals surface area contributed by atoms with E-state index in [0.29, 0.717) is 12.5 Å². The van der Waals surface area contributed by atoms with Gasteiger partial charge in [-0.2, -0.15) is 0 Å². The number of anilines is 1. The van der Waals surface area contributed by atoms with Crippen molar-refractivity contribution in [3.8, 4) is 0 Å². The lowest BCUT2D eigenvalue weighted by Gasteiger charge is -2.03. The second-order valence-electron chi connectivity index (χ2n) is 4.27. The zero-order valence-corrected chi connectivity index (χ0v) is 10.4. The van der Waals surface area contributed by atoms with Gasteiger partial charge in [0.15, 0.2) is 0 Å². The van der Waals surface area contributed by atoms with E-state index in [1.807, 2.05) is 26.0 Å². The molecular formula is C12H15N5O. The minimum atomic E-state index is -0.0888. The highest BCUT2D eigenvalue weighted by Crippen LogP contribution is 2.03. The van der Waals surface area contributed by atoms with E-state index in [-0.39, 0.29) is 11.8 Å². The maximum absolute atomic E-state index is 11.5. The van der Waals surface area contributed by atoms with E-state index in [9.17, 15) is 4.79 Å². The van der Waals surface area contributed by atoms with Crippen LogP contribution in [0.2, 0.25) is 0 Å². The van der Waals surface area contributed by atoms with Gasteiger partial charge in [0.2, 0.25) is 11.9 Å². The SMILES string of the molecule is CC(C)C(=O)Nc1ncn(Cc2cccnc2)n1. The predicted octanol–water partition coefficient (Wildman–Crippen LogP) is 1.32. The largest absolute Gasteiger partial charge is 0.293 e. The van der Waals surface area contributed by atoms with Crippen LogP contribution in [0.15, 0.2) is 30.9 Å². The van der Waals surface area contributed by atoms with E-state index in [1.54, 1.807) is 23.4 Å². The quantitative estimate of drug-likeness (QED) is 0.881. The lowest BCUT2D eigenvalue weighted by Crippen LogP contribution is -2.18. The molecule has 2 rings (SSSR count). The molecule has 0 unspecified atom stereocenters. The fourth-order valence-corrected chi connectivity index (χ4v) is 1.36. The van der Waals surface area contributed by atoms with E-state index in [2.05, 4.69) is 20.4 Å². The summed E-state index contributed by atoms with van der Waals surface area (Å²) in [6, 6.07) is 3.83. The number of hydrogen-bond donors (Lipinski definition) is 1. The maximum Gasteiger partial charge on any atom is 0.248 e. The van der Waals surface area contributed by atoms with Crippen molar-refractivity contribution in [1.82, 2.24) is 19.7 Å². The molecule has 0 spiro atoms. The molecule has 0 fully saturated rings. The van der Waals surface area contributed by atoms with Gasteiger partial charge in [-0.25, -0.2) is 9.67 Å². The second-order valence-corrected chi connectivity index (χ2v) is 4.27. The van der Waals surface area contributed by atoms with Crippen molar-refractivity contribution in [2.75, 3.05) is 5.32 Å². The fraction of sp³-hybridized carbons (Fsp3) is 0.333. The molecule has 1 amide bonds. The molecule has 0 aliphatic rings. The first kappa shape index (κ1) is 12.2. The van der Waals surface area contributed by atoms with Gasteiger partial charge >= 0.3 is 0 Å². The predicted molar refractivity (Wildman–Crippen MR) is 66.8 cm³/mol. The van der Waals surface area contributed by atoms with Crippen LogP contribution in [0.25, 0.3) is 0 Å². The van der Waals surface area contributed by atoms with Gasteiger partial charge < -0.3 is 0 Å². The van der Waals surface area contributed by atoms with Crippen LogP contribution in [0, 0.1) is 5.92 Å². The molecule has 0 aliphatic heterocycles. The summed E-state index contributed by atoms with van der Waals surface area (Å²) in [6.07, 6.45) is 5.08. The van der Waals surface area contributed by atoms with Crippen LogP contribution >= 0.6 is 0 Å². The van der Waals surface area contributed by atoms with E-state index in [1.165, 1.54) is 0 Å². The Morgan fingerprint density at radius 2 is 2.33 bits per heavy atom. The number of aromatic nitrogens is 4. The normalized spacial score (nSPS) is 10.6. The molecule has 0 radical (unpaired) electrons. The maximum atomic E-state index is 11.5. The van der Waals surface area contributed by atoms with Crippen molar-refractivity contribution < 1.29 is 4.79 Å². The van der Waals surface area contributed by atoms with Crippen LogP contribution in [-0.2, 0) is 11.3 Å². The van der Waals surface area contributed by atoms with Crippen LogP contribution in [0.5, 0.6) is 0 Å². The summed E-state index contributed by atoms with van der Waals surface area (Å²) in [5, 5.41) is 6.82. The molecule has 2 aromatic rings. The van der Waals surface area contributed by atoms with Gasteiger partial charge in [-0.15, -0.1) is 5.10 Å². The first-order chi connectivity index (χ1) is 8.65. The van der Waals surface area contributed by atoms with Crippen molar-refractivity contribution in [2.24, 2.45) is 5.92 Å². The highest BCUT2D eigenvalue weighted by atomic mass is 16.2. The number of nitrogens with zero attached hydrogens (tertiary/aromatic N) is 4. The summed E-state index contributed by atoms with van der Waals surface area (Å²) in [5.74, 6) is 0.155. The number of carbonyl (C=O) groups is 1. The Bertz CT molecular complexity index is 520. The Morgan fingerprint density at radius 3 is 3.00 bits per heavy atom. The van der Waals surface area contributed by atoms with E-state index in [4.69, 9.17) is 0 Å². The summed E-state index contributed by atoms with van der Waals surface area (Å²) in [4.78, 5) is 19.5. The number of nitrogens with one attached hydrogen (secondary N) is 1. The topological polar surface area (TPSA) is 72.7 Å². The van der Waals surface area contributed by atoms with Gasteiger partial charge in [0.05, 0.1) is 6.54 Å².